The molecule has 2 aromatic carbocycles. The van der Waals surface area contributed by atoms with Gasteiger partial charge >= 0.3 is 5.97 Å². The number of carbonyl (C=O) groups excluding carboxylic acids is 1. The van der Waals surface area contributed by atoms with Gasteiger partial charge in [-0.2, -0.15) is 0 Å². The number of rotatable bonds is 2. The van der Waals surface area contributed by atoms with E-state index in [1.54, 1.807) is 0 Å². The Morgan fingerprint density at radius 3 is 2.09 bits per heavy atom. The van der Waals surface area contributed by atoms with E-state index in [-0.39, 0.29) is 5.97 Å². The molecule has 1 spiro atoms. The van der Waals surface area contributed by atoms with Crippen molar-refractivity contribution in [1.82, 2.24) is 0 Å². The summed E-state index contributed by atoms with van der Waals surface area (Å²) in [6.45, 7) is 0. The molecule has 1 aliphatic heterocycles. The molecule has 0 amide bonds. The predicted octanol–water partition coefficient (Wildman–Crippen LogP) is 3.73. The van der Waals surface area contributed by atoms with Gasteiger partial charge in [0.15, 0.2) is 6.10 Å². The molecule has 1 heterocycles. The lowest BCUT2D eigenvalue weighted by Crippen LogP contribution is -2.46. The lowest BCUT2D eigenvalue weighted by atomic mass is 9.65. The fourth-order valence-electron chi connectivity index (χ4n) is 4.33. The van der Waals surface area contributed by atoms with E-state index in [1.807, 2.05) is 60.7 Å². The molecule has 2 fully saturated rings. The zero-order chi connectivity index (χ0) is 15.9. The smallest absolute Gasteiger partial charge is 0.316 e. The van der Waals surface area contributed by atoms with Crippen LogP contribution in [-0.2, 0) is 15.1 Å². The topological polar surface area (TPSA) is 46.5 Å². The summed E-state index contributed by atoms with van der Waals surface area (Å²) < 4.78 is 5.77. The van der Waals surface area contributed by atoms with E-state index in [1.165, 1.54) is 0 Å². The SMILES string of the molecule is O=C1O[C@@H](c2ccccc2)[C@@](O)(c2ccccc2)C12CCCC2. The van der Waals surface area contributed by atoms with Crippen molar-refractivity contribution in [3.8, 4) is 0 Å². The van der Waals surface area contributed by atoms with Gasteiger partial charge in [0.05, 0.1) is 0 Å². The zero-order valence-electron chi connectivity index (χ0n) is 12.9. The molecule has 2 aliphatic rings. The molecular weight excluding hydrogens is 288 g/mol. The third-order valence-electron chi connectivity index (χ3n) is 5.50. The Labute approximate surface area is 135 Å². The van der Waals surface area contributed by atoms with Crippen LogP contribution in [0.1, 0.15) is 42.9 Å². The summed E-state index contributed by atoms with van der Waals surface area (Å²) in [5.41, 5.74) is -0.532. The van der Waals surface area contributed by atoms with Crippen molar-refractivity contribution in [2.75, 3.05) is 0 Å². The molecule has 3 nitrogen and oxygen atoms in total. The lowest BCUT2D eigenvalue weighted by molar-refractivity contribution is -0.149. The van der Waals surface area contributed by atoms with Gasteiger partial charge in [0, 0.05) is 0 Å². The first kappa shape index (κ1) is 14.5. The standard InChI is InChI=1S/C20H20O3/c21-18-19(13-7-8-14-19)20(22,16-11-5-2-6-12-16)17(23-18)15-9-3-1-4-10-15/h1-6,9-12,17,22H,7-8,13-14H2/t17-,20-/m0/s1. The van der Waals surface area contributed by atoms with Crippen LogP contribution in [0, 0.1) is 5.41 Å². The van der Waals surface area contributed by atoms with Gasteiger partial charge in [0.1, 0.15) is 11.0 Å². The van der Waals surface area contributed by atoms with Crippen LogP contribution in [0.15, 0.2) is 60.7 Å². The minimum absolute atomic E-state index is 0.254. The van der Waals surface area contributed by atoms with E-state index in [0.29, 0.717) is 12.8 Å². The van der Waals surface area contributed by atoms with Crippen molar-refractivity contribution < 1.29 is 14.6 Å². The lowest BCUT2D eigenvalue weighted by Gasteiger charge is -2.38. The summed E-state index contributed by atoms with van der Waals surface area (Å²) in [7, 11) is 0. The first-order valence-corrected chi connectivity index (χ1v) is 8.22. The van der Waals surface area contributed by atoms with Gasteiger partial charge in [-0.15, -0.1) is 0 Å². The number of hydrogen-bond acceptors (Lipinski definition) is 3. The van der Waals surface area contributed by atoms with Crippen molar-refractivity contribution in [2.24, 2.45) is 5.41 Å². The Hall–Kier alpha value is -2.13. The quantitative estimate of drug-likeness (QED) is 0.860. The van der Waals surface area contributed by atoms with Gasteiger partial charge in [-0.3, -0.25) is 4.79 Å². The van der Waals surface area contributed by atoms with Gasteiger partial charge in [-0.25, -0.2) is 0 Å². The molecule has 23 heavy (non-hydrogen) atoms. The maximum Gasteiger partial charge on any atom is 0.316 e. The summed E-state index contributed by atoms with van der Waals surface area (Å²) in [5, 5.41) is 11.9. The van der Waals surface area contributed by atoms with Gasteiger partial charge in [0.2, 0.25) is 0 Å². The third kappa shape index (κ3) is 1.89. The maximum absolute atomic E-state index is 12.8. The van der Waals surface area contributed by atoms with Crippen LogP contribution in [0.2, 0.25) is 0 Å². The molecule has 0 unspecified atom stereocenters. The number of esters is 1. The number of hydrogen-bond donors (Lipinski definition) is 1. The largest absolute Gasteiger partial charge is 0.453 e. The van der Waals surface area contributed by atoms with E-state index < -0.39 is 17.1 Å². The highest BCUT2D eigenvalue weighted by molar-refractivity contribution is 5.82. The van der Waals surface area contributed by atoms with Crippen molar-refractivity contribution in [2.45, 2.75) is 37.4 Å². The third-order valence-corrected chi connectivity index (χ3v) is 5.50. The van der Waals surface area contributed by atoms with Crippen molar-refractivity contribution >= 4 is 5.97 Å². The molecule has 4 rings (SSSR count). The number of carbonyl (C=O) groups is 1. The molecule has 3 heteroatoms. The highest BCUT2D eigenvalue weighted by atomic mass is 16.6. The first-order valence-electron chi connectivity index (χ1n) is 8.22. The second-order valence-electron chi connectivity index (χ2n) is 6.62. The molecule has 1 saturated carbocycles. The average molecular weight is 308 g/mol. The Morgan fingerprint density at radius 1 is 0.913 bits per heavy atom. The predicted molar refractivity (Wildman–Crippen MR) is 86.5 cm³/mol. The molecule has 1 N–H and O–H groups in total. The van der Waals surface area contributed by atoms with Crippen LogP contribution >= 0.6 is 0 Å². The van der Waals surface area contributed by atoms with Gasteiger partial charge in [0.25, 0.3) is 0 Å². The fraction of sp³-hybridized carbons (Fsp3) is 0.350. The van der Waals surface area contributed by atoms with E-state index in [4.69, 9.17) is 4.74 Å². The number of benzene rings is 2. The molecule has 0 aromatic heterocycles. The maximum atomic E-state index is 12.8. The van der Waals surface area contributed by atoms with Crippen LogP contribution in [-0.4, -0.2) is 11.1 Å². The minimum atomic E-state index is -1.32. The summed E-state index contributed by atoms with van der Waals surface area (Å²) in [6, 6.07) is 19.1. The highest BCUT2D eigenvalue weighted by Gasteiger charge is 2.68. The van der Waals surface area contributed by atoms with Crippen LogP contribution in [0.5, 0.6) is 0 Å². The summed E-state index contributed by atoms with van der Waals surface area (Å²) in [6.07, 6.45) is 2.61. The van der Waals surface area contributed by atoms with Gasteiger partial charge < -0.3 is 9.84 Å². The Balaban J connectivity index is 1.92. The normalized spacial score (nSPS) is 28.9. The van der Waals surface area contributed by atoms with Crippen molar-refractivity contribution in [3.63, 3.8) is 0 Å². The number of cyclic esters (lactones) is 1. The minimum Gasteiger partial charge on any atom is -0.453 e. The van der Waals surface area contributed by atoms with Crippen LogP contribution < -0.4 is 0 Å². The van der Waals surface area contributed by atoms with Crippen LogP contribution in [0.3, 0.4) is 0 Å². The first-order chi connectivity index (χ1) is 11.2. The van der Waals surface area contributed by atoms with Crippen LogP contribution in [0.4, 0.5) is 0 Å². The number of aliphatic hydroxyl groups is 1. The van der Waals surface area contributed by atoms with E-state index in [2.05, 4.69) is 0 Å². The monoisotopic (exact) mass is 308 g/mol. The Morgan fingerprint density at radius 2 is 1.48 bits per heavy atom. The van der Waals surface area contributed by atoms with E-state index >= 15 is 0 Å². The van der Waals surface area contributed by atoms with Crippen LogP contribution in [0.25, 0.3) is 0 Å². The van der Waals surface area contributed by atoms with Crippen molar-refractivity contribution in [3.05, 3.63) is 71.8 Å². The Bertz CT molecular complexity index is 704. The van der Waals surface area contributed by atoms with Crippen molar-refractivity contribution in [1.29, 1.82) is 0 Å². The molecular formula is C20H20O3. The number of ether oxygens (including phenoxy) is 1. The molecule has 0 radical (unpaired) electrons. The highest BCUT2D eigenvalue weighted by Crippen LogP contribution is 2.62. The zero-order valence-corrected chi connectivity index (χ0v) is 12.9. The van der Waals surface area contributed by atoms with E-state index in [0.717, 1.165) is 24.0 Å². The Kier molecular flexibility index (Phi) is 3.27. The molecule has 2 aromatic rings. The molecule has 2 atom stereocenters. The average Bonchev–Trinajstić information content (AvgIpc) is 3.19. The van der Waals surface area contributed by atoms with E-state index in [9.17, 15) is 9.90 Å². The summed E-state index contributed by atoms with van der Waals surface area (Å²) >= 11 is 0. The van der Waals surface area contributed by atoms with Gasteiger partial charge in [-0.1, -0.05) is 73.5 Å². The molecule has 1 aliphatic carbocycles. The van der Waals surface area contributed by atoms with Gasteiger partial charge in [-0.05, 0) is 24.0 Å². The second kappa shape index (κ2) is 5.20. The summed E-state index contributed by atoms with van der Waals surface area (Å²) in [4.78, 5) is 12.8. The molecule has 0 bridgehead atoms. The molecule has 118 valence electrons. The fourth-order valence-corrected chi connectivity index (χ4v) is 4.33. The summed E-state index contributed by atoms with van der Waals surface area (Å²) in [5.74, 6) is -0.254. The second-order valence-corrected chi connectivity index (χ2v) is 6.62. The molecule has 1 saturated heterocycles.